The van der Waals surface area contributed by atoms with Crippen molar-refractivity contribution in [2.45, 2.75) is 38.6 Å². The lowest BCUT2D eigenvalue weighted by molar-refractivity contribution is 0.633. The Bertz CT molecular complexity index is 1000. The predicted molar refractivity (Wildman–Crippen MR) is 120 cm³/mol. The van der Waals surface area contributed by atoms with Crippen LogP contribution in [0.25, 0.3) is 0 Å². The van der Waals surface area contributed by atoms with Crippen LogP contribution in [0.5, 0.6) is 0 Å². The second-order valence-electron chi connectivity index (χ2n) is 7.76. The normalized spacial score (nSPS) is 12.0. The molecule has 29 heavy (non-hydrogen) atoms. The SMILES string of the molecule is Cc1ccc(C(CCCc2cncn2Cc2ccccc2)c2ccccc2)cc1. The Morgan fingerprint density at radius 2 is 1.45 bits per heavy atom. The lowest BCUT2D eigenvalue weighted by Gasteiger charge is -2.19. The summed E-state index contributed by atoms with van der Waals surface area (Å²) in [6.45, 7) is 3.03. The molecule has 0 amide bonds. The van der Waals surface area contributed by atoms with Gasteiger partial charge in [0.15, 0.2) is 0 Å². The molecule has 0 saturated carbocycles. The Morgan fingerprint density at radius 1 is 0.793 bits per heavy atom. The first-order valence-corrected chi connectivity index (χ1v) is 10.4. The summed E-state index contributed by atoms with van der Waals surface area (Å²) in [5.74, 6) is 0.433. The lowest BCUT2D eigenvalue weighted by atomic mass is 9.86. The molecule has 0 bridgehead atoms. The van der Waals surface area contributed by atoms with Crippen molar-refractivity contribution < 1.29 is 0 Å². The molecule has 0 saturated heterocycles. The second kappa shape index (κ2) is 9.38. The zero-order chi connectivity index (χ0) is 19.9. The highest BCUT2D eigenvalue weighted by Gasteiger charge is 2.14. The van der Waals surface area contributed by atoms with E-state index in [0.29, 0.717) is 5.92 Å². The van der Waals surface area contributed by atoms with Crippen LogP contribution in [0.15, 0.2) is 97.5 Å². The molecule has 1 aromatic heterocycles. The van der Waals surface area contributed by atoms with Crippen molar-refractivity contribution in [2.75, 3.05) is 0 Å². The van der Waals surface area contributed by atoms with Gasteiger partial charge in [0.2, 0.25) is 0 Å². The fraction of sp³-hybridized carbons (Fsp3) is 0.222. The highest BCUT2D eigenvalue weighted by molar-refractivity contribution is 5.34. The van der Waals surface area contributed by atoms with Gasteiger partial charge in [0.25, 0.3) is 0 Å². The van der Waals surface area contributed by atoms with Gasteiger partial charge in [-0.2, -0.15) is 0 Å². The van der Waals surface area contributed by atoms with E-state index >= 15 is 0 Å². The van der Waals surface area contributed by atoms with Crippen LogP contribution < -0.4 is 0 Å². The van der Waals surface area contributed by atoms with Crippen molar-refractivity contribution in [3.8, 4) is 0 Å². The summed E-state index contributed by atoms with van der Waals surface area (Å²) in [6, 6.07) is 30.5. The van der Waals surface area contributed by atoms with Crippen LogP contribution in [0.3, 0.4) is 0 Å². The predicted octanol–water partition coefficient (Wildman–Crippen LogP) is 6.39. The van der Waals surface area contributed by atoms with Crippen molar-refractivity contribution in [1.29, 1.82) is 0 Å². The summed E-state index contributed by atoms with van der Waals surface area (Å²) in [4.78, 5) is 4.41. The Balaban J connectivity index is 1.45. The van der Waals surface area contributed by atoms with E-state index in [1.165, 1.54) is 27.9 Å². The minimum absolute atomic E-state index is 0.433. The maximum absolute atomic E-state index is 4.41. The molecule has 146 valence electrons. The van der Waals surface area contributed by atoms with Gasteiger partial charge in [0, 0.05) is 24.4 Å². The molecule has 4 aromatic rings. The van der Waals surface area contributed by atoms with Crippen molar-refractivity contribution >= 4 is 0 Å². The van der Waals surface area contributed by atoms with E-state index in [1.54, 1.807) is 0 Å². The molecule has 4 rings (SSSR count). The maximum Gasteiger partial charge on any atom is 0.0951 e. The zero-order valence-corrected chi connectivity index (χ0v) is 17.0. The Hall–Kier alpha value is -3.13. The van der Waals surface area contributed by atoms with Gasteiger partial charge in [-0.1, -0.05) is 90.5 Å². The third-order valence-corrected chi connectivity index (χ3v) is 5.60. The fourth-order valence-electron chi connectivity index (χ4n) is 3.98. The van der Waals surface area contributed by atoms with E-state index in [0.717, 1.165) is 25.8 Å². The van der Waals surface area contributed by atoms with Crippen molar-refractivity contribution in [1.82, 2.24) is 9.55 Å². The number of hydrogen-bond acceptors (Lipinski definition) is 1. The van der Waals surface area contributed by atoms with Gasteiger partial charge in [-0.25, -0.2) is 4.98 Å². The van der Waals surface area contributed by atoms with Crippen LogP contribution in [0.4, 0.5) is 0 Å². The topological polar surface area (TPSA) is 17.8 Å². The van der Waals surface area contributed by atoms with Crippen molar-refractivity contribution in [3.05, 3.63) is 125 Å². The molecular weight excluding hydrogens is 352 g/mol. The number of aromatic nitrogens is 2. The van der Waals surface area contributed by atoms with Gasteiger partial charge in [-0.3, -0.25) is 0 Å². The molecule has 0 aliphatic carbocycles. The molecule has 0 spiro atoms. The van der Waals surface area contributed by atoms with E-state index in [9.17, 15) is 0 Å². The van der Waals surface area contributed by atoms with Crippen LogP contribution >= 0.6 is 0 Å². The molecule has 2 nitrogen and oxygen atoms in total. The van der Waals surface area contributed by atoms with Gasteiger partial charge in [0.05, 0.1) is 6.33 Å². The number of imidazole rings is 1. The minimum atomic E-state index is 0.433. The molecule has 1 heterocycles. The minimum Gasteiger partial charge on any atom is -0.330 e. The van der Waals surface area contributed by atoms with Gasteiger partial charge in [-0.05, 0) is 42.9 Å². The lowest BCUT2D eigenvalue weighted by Crippen LogP contribution is -2.06. The summed E-state index contributed by atoms with van der Waals surface area (Å²) < 4.78 is 2.28. The molecule has 2 heteroatoms. The van der Waals surface area contributed by atoms with Gasteiger partial charge >= 0.3 is 0 Å². The Morgan fingerprint density at radius 3 is 2.17 bits per heavy atom. The Kier molecular flexibility index (Phi) is 6.21. The first kappa shape index (κ1) is 19.2. The summed E-state index contributed by atoms with van der Waals surface area (Å²) in [5, 5.41) is 0. The van der Waals surface area contributed by atoms with E-state index in [4.69, 9.17) is 0 Å². The molecule has 0 radical (unpaired) electrons. The average Bonchev–Trinajstić information content (AvgIpc) is 3.20. The van der Waals surface area contributed by atoms with Crippen LogP contribution in [0.2, 0.25) is 0 Å². The highest BCUT2D eigenvalue weighted by atomic mass is 15.0. The highest BCUT2D eigenvalue weighted by Crippen LogP contribution is 2.30. The maximum atomic E-state index is 4.41. The van der Waals surface area contributed by atoms with Crippen LogP contribution in [0, 0.1) is 6.92 Å². The number of aryl methyl sites for hydroxylation is 2. The van der Waals surface area contributed by atoms with Crippen LogP contribution in [-0.2, 0) is 13.0 Å². The first-order chi connectivity index (χ1) is 14.3. The van der Waals surface area contributed by atoms with Crippen LogP contribution in [-0.4, -0.2) is 9.55 Å². The summed E-state index contributed by atoms with van der Waals surface area (Å²) in [7, 11) is 0. The molecule has 1 atom stereocenters. The number of rotatable bonds is 8. The number of hydrogen-bond donors (Lipinski definition) is 0. The first-order valence-electron chi connectivity index (χ1n) is 10.4. The molecule has 1 unspecified atom stereocenters. The van der Waals surface area contributed by atoms with Crippen molar-refractivity contribution in [2.24, 2.45) is 0 Å². The third-order valence-electron chi connectivity index (χ3n) is 5.60. The third kappa shape index (κ3) is 5.03. The molecule has 0 aliphatic heterocycles. The summed E-state index contributed by atoms with van der Waals surface area (Å²) in [5.41, 5.74) is 6.73. The number of benzene rings is 3. The van der Waals surface area contributed by atoms with Gasteiger partial charge < -0.3 is 4.57 Å². The molecule has 0 aliphatic rings. The van der Waals surface area contributed by atoms with Gasteiger partial charge in [0.1, 0.15) is 0 Å². The monoisotopic (exact) mass is 380 g/mol. The molecule has 0 fully saturated rings. The number of nitrogens with zero attached hydrogens (tertiary/aromatic N) is 2. The second-order valence-corrected chi connectivity index (χ2v) is 7.76. The fourth-order valence-corrected chi connectivity index (χ4v) is 3.98. The van der Waals surface area contributed by atoms with E-state index in [2.05, 4.69) is 101 Å². The Labute approximate surface area is 173 Å². The largest absolute Gasteiger partial charge is 0.330 e. The summed E-state index contributed by atoms with van der Waals surface area (Å²) in [6.07, 6.45) is 7.28. The molecule has 0 N–H and O–H groups in total. The van der Waals surface area contributed by atoms with Gasteiger partial charge in [-0.15, -0.1) is 0 Å². The zero-order valence-electron chi connectivity index (χ0n) is 17.0. The standard InChI is InChI=1S/C27H28N2/c1-22-15-17-25(18-16-22)27(24-11-6-3-7-12-24)14-8-13-26-19-28-21-29(26)20-23-9-4-2-5-10-23/h2-7,9-12,15-19,21,27H,8,13-14,20H2,1H3. The van der Waals surface area contributed by atoms with E-state index in [-0.39, 0.29) is 0 Å². The molecule has 3 aromatic carbocycles. The average molecular weight is 381 g/mol. The van der Waals surface area contributed by atoms with E-state index < -0.39 is 0 Å². The molecular formula is C27H28N2. The smallest absolute Gasteiger partial charge is 0.0951 e. The van der Waals surface area contributed by atoms with E-state index in [1.807, 2.05) is 12.5 Å². The quantitative estimate of drug-likeness (QED) is 0.346. The summed E-state index contributed by atoms with van der Waals surface area (Å²) >= 11 is 0. The van der Waals surface area contributed by atoms with Crippen molar-refractivity contribution in [3.63, 3.8) is 0 Å². The van der Waals surface area contributed by atoms with Crippen LogP contribution in [0.1, 0.15) is 46.7 Å².